The number of carbonyl (C=O) groups excluding carboxylic acids is 1. The largest absolute Gasteiger partial charge is 0.491 e. The van der Waals surface area contributed by atoms with E-state index in [2.05, 4.69) is 15.3 Å². The number of nitrogens with one attached hydrogen (secondary N) is 1. The Morgan fingerprint density at radius 2 is 2.47 bits per heavy atom. The topological polar surface area (TPSA) is 63.6 Å². The zero-order chi connectivity index (χ0) is 10.3. The quantitative estimate of drug-likeness (QED) is 0.656. The number of pyridine rings is 1. The number of hydrogen-bond donors (Lipinski definition) is 1. The van der Waals surface area contributed by atoms with Gasteiger partial charge in [-0.25, -0.2) is 0 Å². The Morgan fingerprint density at radius 1 is 1.53 bits per heavy atom. The normalized spacial score (nSPS) is 27.3. The molecule has 5 heteroatoms. The fourth-order valence-corrected chi connectivity index (χ4v) is 2.03. The third-order valence-electron chi connectivity index (χ3n) is 2.81. The molecule has 76 valence electrons. The van der Waals surface area contributed by atoms with E-state index in [1.54, 1.807) is 18.5 Å². The van der Waals surface area contributed by atoms with E-state index in [1.165, 1.54) is 6.34 Å². The van der Waals surface area contributed by atoms with Crippen molar-refractivity contribution in [3.05, 3.63) is 24.0 Å². The van der Waals surface area contributed by atoms with Crippen LogP contribution in [0.2, 0.25) is 0 Å². The first kappa shape index (κ1) is 8.40. The van der Waals surface area contributed by atoms with Crippen LogP contribution in [-0.2, 0) is 10.3 Å². The average Bonchev–Trinajstić information content (AvgIpc) is 2.62. The molecule has 0 aromatic carbocycles. The second kappa shape index (κ2) is 2.79. The predicted octanol–water partition coefficient (Wildman–Crippen LogP) is 0.217. The summed E-state index contributed by atoms with van der Waals surface area (Å²) < 4.78 is 5.44. The maximum atomic E-state index is 11.8. The van der Waals surface area contributed by atoms with Gasteiger partial charge in [0, 0.05) is 18.2 Å². The fraction of sp³-hybridized carbons (Fsp3) is 0.300. The molecule has 1 unspecified atom stereocenters. The highest BCUT2D eigenvalue weighted by atomic mass is 16.5. The minimum atomic E-state index is -0.781. The molecule has 0 fully saturated rings. The maximum absolute atomic E-state index is 11.8. The van der Waals surface area contributed by atoms with E-state index >= 15 is 0 Å². The lowest BCUT2D eigenvalue weighted by Gasteiger charge is -2.30. The minimum Gasteiger partial charge on any atom is -0.491 e. The second-order valence-corrected chi connectivity index (χ2v) is 3.56. The second-order valence-electron chi connectivity index (χ2n) is 3.56. The number of nitrogens with zero attached hydrogens (tertiary/aromatic N) is 2. The highest BCUT2D eigenvalue weighted by Gasteiger charge is 2.46. The minimum absolute atomic E-state index is 0.0850. The molecule has 0 radical (unpaired) electrons. The van der Waals surface area contributed by atoms with Gasteiger partial charge in [0.05, 0.1) is 19.1 Å². The van der Waals surface area contributed by atoms with Crippen LogP contribution in [-0.4, -0.2) is 23.8 Å². The van der Waals surface area contributed by atoms with Crippen molar-refractivity contribution in [1.29, 1.82) is 0 Å². The Balaban J connectivity index is 2.21. The molecule has 5 nitrogen and oxygen atoms in total. The predicted molar refractivity (Wildman–Crippen MR) is 52.7 cm³/mol. The third kappa shape index (κ3) is 1.000. The van der Waals surface area contributed by atoms with Gasteiger partial charge in [0.15, 0.2) is 5.54 Å². The first-order chi connectivity index (χ1) is 7.33. The van der Waals surface area contributed by atoms with Crippen LogP contribution in [0.25, 0.3) is 0 Å². The van der Waals surface area contributed by atoms with Gasteiger partial charge in [0.2, 0.25) is 0 Å². The highest BCUT2D eigenvalue weighted by molar-refractivity contribution is 6.01. The molecule has 0 saturated carbocycles. The van der Waals surface area contributed by atoms with Crippen molar-refractivity contribution in [2.75, 3.05) is 6.61 Å². The van der Waals surface area contributed by atoms with Gasteiger partial charge in [-0.15, -0.1) is 0 Å². The number of fused-ring (bicyclic) bond motifs is 2. The van der Waals surface area contributed by atoms with Crippen molar-refractivity contribution in [3.63, 3.8) is 0 Å². The van der Waals surface area contributed by atoms with Crippen LogP contribution < -0.4 is 10.1 Å². The molecule has 0 aliphatic carbocycles. The van der Waals surface area contributed by atoms with Gasteiger partial charge in [0.25, 0.3) is 5.91 Å². The summed E-state index contributed by atoms with van der Waals surface area (Å²) in [4.78, 5) is 20.0. The van der Waals surface area contributed by atoms with Gasteiger partial charge in [-0.2, -0.15) is 0 Å². The molecule has 3 heterocycles. The Bertz CT molecular complexity index is 458. The van der Waals surface area contributed by atoms with E-state index in [9.17, 15) is 4.79 Å². The molecule has 1 atom stereocenters. The molecule has 0 saturated heterocycles. The molecule has 3 rings (SSSR count). The Hall–Kier alpha value is -1.91. The van der Waals surface area contributed by atoms with Crippen molar-refractivity contribution in [3.8, 4) is 5.75 Å². The summed E-state index contributed by atoms with van der Waals surface area (Å²) in [5.41, 5.74) is 0.0197. The number of ether oxygens (including phenoxy) is 1. The van der Waals surface area contributed by atoms with Crippen LogP contribution in [0.3, 0.4) is 0 Å². The van der Waals surface area contributed by atoms with Crippen molar-refractivity contribution in [1.82, 2.24) is 10.3 Å². The van der Waals surface area contributed by atoms with Crippen LogP contribution in [0.4, 0.5) is 0 Å². The molecular weight excluding hydrogens is 194 g/mol. The number of carbonyl (C=O) groups is 1. The van der Waals surface area contributed by atoms with E-state index in [0.717, 1.165) is 5.56 Å². The van der Waals surface area contributed by atoms with E-state index in [-0.39, 0.29) is 5.91 Å². The standard InChI is InChI=1S/C10H9N3O2/c14-9-10(13-6-12-9)2-4-15-8-5-11-3-1-7(8)10/h1,3,5-6H,2,4H2,(H,12,13,14). The van der Waals surface area contributed by atoms with Crippen LogP contribution in [0.5, 0.6) is 5.75 Å². The van der Waals surface area contributed by atoms with Crippen molar-refractivity contribution in [2.45, 2.75) is 12.0 Å². The van der Waals surface area contributed by atoms with Gasteiger partial charge >= 0.3 is 0 Å². The number of amides is 1. The summed E-state index contributed by atoms with van der Waals surface area (Å²) in [6, 6.07) is 1.79. The summed E-state index contributed by atoms with van der Waals surface area (Å²) in [7, 11) is 0. The number of aliphatic imine (C=N–C) groups is 1. The lowest BCUT2D eigenvalue weighted by Crippen LogP contribution is -2.40. The lowest BCUT2D eigenvalue weighted by molar-refractivity contribution is -0.125. The lowest BCUT2D eigenvalue weighted by atomic mass is 9.86. The molecule has 2 aliphatic rings. The maximum Gasteiger partial charge on any atom is 0.257 e. The molecule has 0 bridgehead atoms. The first-order valence-electron chi connectivity index (χ1n) is 4.75. The zero-order valence-corrected chi connectivity index (χ0v) is 7.93. The van der Waals surface area contributed by atoms with Gasteiger partial charge < -0.3 is 10.1 Å². The average molecular weight is 203 g/mol. The van der Waals surface area contributed by atoms with Crippen molar-refractivity contribution < 1.29 is 9.53 Å². The summed E-state index contributed by atoms with van der Waals surface area (Å²) in [6.45, 7) is 0.490. The molecule has 1 amide bonds. The smallest absolute Gasteiger partial charge is 0.257 e. The van der Waals surface area contributed by atoms with Gasteiger partial charge in [-0.3, -0.25) is 14.8 Å². The molecule has 1 spiro atoms. The molecule has 1 aromatic rings. The molecular formula is C10H9N3O2. The summed E-state index contributed by atoms with van der Waals surface area (Å²) in [5.74, 6) is 0.566. The van der Waals surface area contributed by atoms with Crippen LogP contribution in [0.1, 0.15) is 12.0 Å². The summed E-state index contributed by atoms with van der Waals surface area (Å²) in [5, 5.41) is 2.61. The molecule has 1 N–H and O–H groups in total. The van der Waals surface area contributed by atoms with Crippen molar-refractivity contribution in [2.24, 2.45) is 4.99 Å². The van der Waals surface area contributed by atoms with E-state index in [1.807, 2.05) is 0 Å². The number of hydrogen-bond acceptors (Lipinski definition) is 4. The third-order valence-corrected chi connectivity index (χ3v) is 2.81. The van der Waals surface area contributed by atoms with Crippen LogP contribution in [0, 0.1) is 0 Å². The van der Waals surface area contributed by atoms with Crippen LogP contribution in [0.15, 0.2) is 23.5 Å². The molecule has 15 heavy (non-hydrogen) atoms. The SMILES string of the molecule is O=C1NC=NC12CCOc1cnccc12. The van der Waals surface area contributed by atoms with Gasteiger partial charge in [0.1, 0.15) is 5.75 Å². The molecule has 1 aromatic heterocycles. The van der Waals surface area contributed by atoms with E-state index < -0.39 is 5.54 Å². The van der Waals surface area contributed by atoms with Gasteiger partial charge in [-0.1, -0.05) is 0 Å². The Labute approximate surface area is 86.2 Å². The monoisotopic (exact) mass is 203 g/mol. The van der Waals surface area contributed by atoms with Crippen LogP contribution >= 0.6 is 0 Å². The highest BCUT2D eigenvalue weighted by Crippen LogP contribution is 2.40. The first-order valence-corrected chi connectivity index (χ1v) is 4.75. The van der Waals surface area contributed by atoms with E-state index in [0.29, 0.717) is 18.8 Å². The number of aromatic nitrogens is 1. The fourth-order valence-electron chi connectivity index (χ4n) is 2.03. The molecule has 2 aliphatic heterocycles. The summed E-state index contributed by atoms with van der Waals surface area (Å²) >= 11 is 0. The van der Waals surface area contributed by atoms with Crippen molar-refractivity contribution >= 4 is 12.2 Å². The Morgan fingerprint density at radius 3 is 3.27 bits per heavy atom. The zero-order valence-electron chi connectivity index (χ0n) is 7.93. The Kier molecular flexibility index (Phi) is 1.56. The number of rotatable bonds is 0. The van der Waals surface area contributed by atoms with E-state index in [4.69, 9.17) is 4.74 Å². The summed E-state index contributed by atoms with van der Waals surface area (Å²) in [6.07, 6.45) is 5.30. The van der Waals surface area contributed by atoms with Gasteiger partial charge in [-0.05, 0) is 6.07 Å².